The monoisotopic (exact) mass is 522 g/mol. The molecule has 6 rings (SSSR count). The van der Waals surface area contributed by atoms with E-state index in [-0.39, 0.29) is 11.6 Å². The number of halogens is 3. The lowest BCUT2D eigenvalue weighted by Gasteiger charge is -2.29. The van der Waals surface area contributed by atoms with E-state index in [0.717, 1.165) is 66.8 Å². The lowest BCUT2D eigenvalue weighted by Crippen LogP contribution is -2.36. The van der Waals surface area contributed by atoms with Gasteiger partial charge in [-0.1, -0.05) is 18.6 Å². The smallest absolute Gasteiger partial charge is 0.416 e. The molecule has 1 aliphatic carbocycles. The maximum absolute atomic E-state index is 13.2. The minimum absolute atomic E-state index is 0.155. The molecule has 0 unspecified atom stereocenters. The van der Waals surface area contributed by atoms with Gasteiger partial charge in [0.05, 0.1) is 35.5 Å². The molecule has 2 fully saturated rings. The van der Waals surface area contributed by atoms with E-state index in [2.05, 4.69) is 9.88 Å². The van der Waals surface area contributed by atoms with E-state index in [1.54, 1.807) is 6.07 Å². The van der Waals surface area contributed by atoms with E-state index in [9.17, 15) is 23.1 Å². The van der Waals surface area contributed by atoms with Crippen molar-refractivity contribution < 1.29 is 27.8 Å². The van der Waals surface area contributed by atoms with E-state index >= 15 is 0 Å². The number of hydrogen-bond donors (Lipinski definition) is 1. The van der Waals surface area contributed by atoms with Crippen LogP contribution in [0.5, 0.6) is 0 Å². The first kappa shape index (κ1) is 24.4. The number of benzene rings is 2. The SMILES string of the molecule is O=C(O)c1cc(-c2ccc(N3CCOCC3)cc2)c2c(C3CCC3)nn(-c3ccc(C(F)(F)F)cc3)c2n1. The Morgan fingerprint density at radius 1 is 0.974 bits per heavy atom. The van der Waals surface area contributed by atoms with Gasteiger partial charge in [-0.2, -0.15) is 18.3 Å². The topological polar surface area (TPSA) is 80.5 Å². The number of carbonyl (C=O) groups is 1. The summed E-state index contributed by atoms with van der Waals surface area (Å²) in [6, 6.07) is 14.2. The molecule has 38 heavy (non-hydrogen) atoms. The second kappa shape index (κ2) is 9.43. The number of alkyl halides is 3. The number of aromatic carboxylic acids is 1. The van der Waals surface area contributed by atoms with Gasteiger partial charge in [0.2, 0.25) is 0 Å². The van der Waals surface area contributed by atoms with Crippen LogP contribution in [-0.2, 0) is 10.9 Å². The van der Waals surface area contributed by atoms with Gasteiger partial charge in [0.1, 0.15) is 0 Å². The van der Waals surface area contributed by atoms with E-state index in [1.807, 2.05) is 24.3 Å². The number of fused-ring (bicyclic) bond motifs is 1. The largest absolute Gasteiger partial charge is 0.477 e. The van der Waals surface area contributed by atoms with Crippen molar-refractivity contribution in [3.63, 3.8) is 0 Å². The van der Waals surface area contributed by atoms with Crippen LogP contribution in [0.4, 0.5) is 18.9 Å². The van der Waals surface area contributed by atoms with Gasteiger partial charge in [-0.3, -0.25) is 0 Å². The fourth-order valence-corrected chi connectivity index (χ4v) is 5.09. The first-order valence-corrected chi connectivity index (χ1v) is 12.6. The Balaban J connectivity index is 1.51. The molecule has 1 aliphatic heterocycles. The van der Waals surface area contributed by atoms with E-state index in [1.165, 1.54) is 16.8 Å². The molecule has 0 spiro atoms. The number of hydrogen-bond acceptors (Lipinski definition) is 5. The van der Waals surface area contributed by atoms with Crippen molar-refractivity contribution in [1.82, 2.24) is 14.8 Å². The Labute approximate surface area is 216 Å². The highest BCUT2D eigenvalue weighted by atomic mass is 19.4. The lowest BCUT2D eigenvalue weighted by molar-refractivity contribution is -0.137. The molecule has 3 heterocycles. The van der Waals surface area contributed by atoms with Gasteiger partial charge in [-0.05, 0) is 66.4 Å². The standard InChI is InChI=1S/C28H25F3N4O3/c29-28(30,31)19-6-10-21(11-7-19)35-26-24(25(33-35)18-2-1-3-18)22(16-23(32-26)27(36)37)17-4-8-20(9-5-17)34-12-14-38-15-13-34/h4-11,16,18H,1-3,12-15H2,(H,36,37). The summed E-state index contributed by atoms with van der Waals surface area (Å²) >= 11 is 0. The molecule has 1 saturated carbocycles. The van der Waals surface area contributed by atoms with Crippen molar-refractivity contribution in [2.75, 3.05) is 31.2 Å². The third kappa shape index (κ3) is 4.38. The Hall–Kier alpha value is -3.92. The van der Waals surface area contributed by atoms with Crippen molar-refractivity contribution in [3.8, 4) is 16.8 Å². The van der Waals surface area contributed by atoms with Crippen LogP contribution in [0.1, 0.15) is 46.9 Å². The van der Waals surface area contributed by atoms with Crippen LogP contribution in [0, 0.1) is 0 Å². The van der Waals surface area contributed by atoms with Crippen molar-refractivity contribution in [1.29, 1.82) is 0 Å². The number of morpholine rings is 1. The van der Waals surface area contributed by atoms with Crippen molar-refractivity contribution in [2.45, 2.75) is 31.4 Å². The number of anilines is 1. The molecule has 0 amide bonds. The van der Waals surface area contributed by atoms with Crippen molar-refractivity contribution in [2.24, 2.45) is 0 Å². The Kier molecular flexibility index (Phi) is 6.06. The quantitative estimate of drug-likeness (QED) is 0.351. The molecular formula is C28H25F3N4O3. The molecule has 196 valence electrons. The summed E-state index contributed by atoms with van der Waals surface area (Å²) in [5.41, 5.74) is 3.15. The molecule has 7 nitrogen and oxygen atoms in total. The maximum Gasteiger partial charge on any atom is 0.416 e. The average molecular weight is 523 g/mol. The zero-order chi connectivity index (χ0) is 26.4. The summed E-state index contributed by atoms with van der Waals surface area (Å²) in [6.07, 6.45) is -1.52. The zero-order valence-corrected chi connectivity index (χ0v) is 20.4. The molecule has 0 radical (unpaired) electrons. The van der Waals surface area contributed by atoms with Crippen LogP contribution in [0.15, 0.2) is 54.6 Å². The summed E-state index contributed by atoms with van der Waals surface area (Å²) in [7, 11) is 0. The van der Waals surface area contributed by atoms with Crippen LogP contribution in [-0.4, -0.2) is 52.1 Å². The van der Waals surface area contributed by atoms with Gasteiger partial charge in [0.15, 0.2) is 11.3 Å². The summed E-state index contributed by atoms with van der Waals surface area (Å²) in [6.45, 7) is 2.94. The molecule has 1 N–H and O–H groups in total. The minimum atomic E-state index is -4.46. The highest BCUT2D eigenvalue weighted by Gasteiger charge is 2.32. The van der Waals surface area contributed by atoms with Gasteiger partial charge in [-0.15, -0.1) is 0 Å². The Morgan fingerprint density at radius 2 is 1.63 bits per heavy atom. The van der Waals surface area contributed by atoms with Crippen LogP contribution in [0.25, 0.3) is 27.8 Å². The Morgan fingerprint density at radius 3 is 2.21 bits per heavy atom. The predicted molar refractivity (Wildman–Crippen MR) is 136 cm³/mol. The lowest BCUT2D eigenvalue weighted by atomic mass is 9.81. The highest BCUT2D eigenvalue weighted by Crippen LogP contribution is 2.43. The molecule has 0 atom stereocenters. The Bertz CT molecular complexity index is 1490. The zero-order valence-electron chi connectivity index (χ0n) is 20.4. The summed E-state index contributed by atoms with van der Waals surface area (Å²) < 4.78 is 46.4. The highest BCUT2D eigenvalue weighted by molar-refractivity contribution is 6.00. The molecule has 10 heteroatoms. The van der Waals surface area contributed by atoms with Gasteiger partial charge in [-0.25, -0.2) is 14.5 Å². The minimum Gasteiger partial charge on any atom is -0.477 e. The predicted octanol–water partition coefficient (Wildman–Crippen LogP) is 5.91. The molecule has 0 bridgehead atoms. The number of rotatable bonds is 5. The fourth-order valence-electron chi connectivity index (χ4n) is 5.09. The number of carboxylic acid groups (broad SMARTS) is 1. The number of pyridine rings is 1. The van der Waals surface area contributed by atoms with Gasteiger partial charge in [0.25, 0.3) is 0 Å². The normalized spacial score (nSPS) is 16.6. The van der Waals surface area contributed by atoms with Crippen molar-refractivity contribution >= 4 is 22.7 Å². The average Bonchev–Trinajstić information content (AvgIpc) is 3.26. The molecular weight excluding hydrogens is 497 g/mol. The van der Waals surface area contributed by atoms with Gasteiger partial charge in [0, 0.05) is 24.7 Å². The van der Waals surface area contributed by atoms with Crippen LogP contribution < -0.4 is 4.90 Å². The first-order chi connectivity index (χ1) is 18.3. The van der Waals surface area contributed by atoms with Gasteiger partial charge < -0.3 is 14.7 Å². The van der Waals surface area contributed by atoms with Crippen LogP contribution >= 0.6 is 0 Å². The van der Waals surface area contributed by atoms with E-state index < -0.39 is 17.7 Å². The summed E-state index contributed by atoms with van der Waals surface area (Å²) in [5, 5.41) is 15.4. The first-order valence-electron chi connectivity index (χ1n) is 12.6. The van der Waals surface area contributed by atoms with Crippen molar-refractivity contribution in [3.05, 3.63) is 71.5 Å². The third-order valence-electron chi connectivity index (χ3n) is 7.37. The second-order valence-electron chi connectivity index (χ2n) is 9.67. The molecule has 1 saturated heterocycles. The number of carboxylic acids is 1. The van der Waals surface area contributed by atoms with E-state index in [4.69, 9.17) is 9.84 Å². The van der Waals surface area contributed by atoms with Gasteiger partial charge >= 0.3 is 12.1 Å². The second-order valence-corrected chi connectivity index (χ2v) is 9.67. The number of ether oxygens (including phenoxy) is 1. The molecule has 2 aromatic heterocycles. The summed E-state index contributed by atoms with van der Waals surface area (Å²) in [5.74, 6) is -1.01. The number of aromatic nitrogens is 3. The maximum atomic E-state index is 13.2. The molecule has 4 aromatic rings. The van der Waals surface area contributed by atoms with E-state index in [0.29, 0.717) is 30.1 Å². The fraction of sp³-hybridized carbons (Fsp3) is 0.321. The van der Waals surface area contributed by atoms with Crippen LogP contribution in [0.3, 0.4) is 0 Å². The van der Waals surface area contributed by atoms with Crippen LogP contribution in [0.2, 0.25) is 0 Å². The summed E-state index contributed by atoms with van der Waals surface area (Å²) in [4.78, 5) is 18.7. The number of nitrogens with zero attached hydrogens (tertiary/aromatic N) is 4. The molecule has 2 aliphatic rings. The molecule has 2 aromatic carbocycles. The third-order valence-corrected chi connectivity index (χ3v) is 7.37.